The fraction of sp³-hybridized carbons (Fsp3) is 0.600. The highest BCUT2D eigenvalue weighted by atomic mass is 32.2. The first-order valence-corrected chi connectivity index (χ1v) is 6.47. The smallest absolute Gasteiger partial charge is 0.191 e. The summed E-state index contributed by atoms with van der Waals surface area (Å²) in [6.07, 6.45) is 2.48. The lowest BCUT2D eigenvalue weighted by Gasteiger charge is -2.17. The summed E-state index contributed by atoms with van der Waals surface area (Å²) in [5.74, 6) is 1.07. The third kappa shape index (κ3) is 4.76. The van der Waals surface area contributed by atoms with E-state index in [-0.39, 0.29) is 12.6 Å². The Kier molecular flexibility index (Phi) is 6.03. The fourth-order valence-corrected chi connectivity index (χ4v) is 1.76. The molecule has 17 heavy (non-hydrogen) atoms. The Bertz CT molecular complexity index is 345. The molecule has 96 valence electrons. The molecule has 0 amide bonds. The highest BCUT2D eigenvalue weighted by molar-refractivity contribution is 7.98. The molecule has 0 saturated carbocycles. The summed E-state index contributed by atoms with van der Waals surface area (Å²) in [6.45, 7) is 0.593. The Hall–Kier alpha value is -1.05. The molecule has 1 atom stereocenters. The molecular weight excluding hydrogens is 240 g/mol. The first-order valence-electron chi connectivity index (χ1n) is 5.24. The van der Waals surface area contributed by atoms with Crippen LogP contribution in [0.1, 0.15) is 6.42 Å². The van der Waals surface area contributed by atoms with Gasteiger partial charge < -0.3 is 20.9 Å². The van der Waals surface area contributed by atoms with Gasteiger partial charge in [0, 0.05) is 19.8 Å². The molecule has 4 N–H and O–H groups in total. The molecule has 1 unspecified atom stereocenters. The number of aliphatic hydroxyl groups excluding tert-OH is 1. The quantitative estimate of drug-likeness (QED) is 0.487. The SMILES string of the molecule is COCC(CCO)Nc1cc(N)nc(SC)n1. The van der Waals surface area contributed by atoms with Crippen molar-refractivity contribution in [2.24, 2.45) is 0 Å². The van der Waals surface area contributed by atoms with Crippen molar-refractivity contribution in [3.63, 3.8) is 0 Å². The molecule has 1 rings (SSSR count). The number of anilines is 2. The van der Waals surface area contributed by atoms with E-state index in [1.807, 2.05) is 6.26 Å². The van der Waals surface area contributed by atoms with Crippen molar-refractivity contribution in [3.05, 3.63) is 6.07 Å². The van der Waals surface area contributed by atoms with Crippen molar-refractivity contribution < 1.29 is 9.84 Å². The van der Waals surface area contributed by atoms with Gasteiger partial charge in [-0.25, -0.2) is 9.97 Å². The normalized spacial score (nSPS) is 12.4. The van der Waals surface area contributed by atoms with Crippen LogP contribution in [-0.4, -0.2) is 47.7 Å². The van der Waals surface area contributed by atoms with Crippen LogP contribution < -0.4 is 11.1 Å². The Balaban J connectivity index is 2.73. The minimum Gasteiger partial charge on any atom is -0.396 e. The van der Waals surface area contributed by atoms with Gasteiger partial charge in [0.05, 0.1) is 12.6 Å². The maximum Gasteiger partial charge on any atom is 0.191 e. The molecule has 0 aliphatic heterocycles. The van der Waals surface area contributed by atoms with Crippen LogP contribution >= 0.6 is 11.8 Å². The van der Waals surface area contributed by atoms with Gasteiger partial charge in [-0.05, 0) is 12.7 Å². The standard InChI is InChI=1S/C10H18N4O2S/c1-16-6-7(3-4-15)12-9-5-8(11)13-10(14-9)17-2/h5,7,15H,3-4,6H2,1-2H3,(H3,11,12,13,14). The van der Waals surface area contributed by atoms with Gasteiger partial charge in [-0.2, -0.15) is 0 Å². The van der Waals surface area contributed by atoms with E-state index in [0.29, 0.717) is 29.8 Å². The summed E-state index contributed by atoms with van der Waals surface area (Å²) < 4.78 is 5.06. The molecule has 0 saturated heterocycles. The van der Waals surface area contributed by atoms with Crippen molar-refractivity contribution in [1.82, 2.24) is 9.97 Å². The van der Waals surface area contributed by atoms with Crippen LogP contribution in [0.2, 0.25) is 0 Å². The monoisotopic (exact) mass is 258 g/mol. The first kappa shape index (κ1) is 14.0. The number of thioether (sulfide) groups is 1. The zero-order chi connectivity index (χ0) is 12.7. The summed E-state index contributed by atoms with van der Waals surface area (Å²) in [6, 6.07) is 1.67. The Morgan fingerprint density at radius 2 is 2.35 bits per heavy atom. The number of nitrogens with one attached hydrogen (secondary N) is 1. The second kappa shape index (κ2) is 7.31. The van der Waals surface area contributed by atoms with Crippen molar-refractivity contribution in [3.8, 4) is 0 Å². The van der Waals surface area contributed by atoms with E-state index in [0.717, 1.165) is 0 Å². The van der Waals surface area contributed by atoms with Gasteiger partial charge >= 0.3 is 0 Å². The largest absolute Gasteiger partial charge is 0.396 e. The lowest BCUT2D eigenvalue weighted by molar-refractivity contribution is 0.170. The average Bonchev–Trinajstić information content (AvgIpc) is 2.29. The number of rotatable bonds is 7. The third-order valence-electron chi connectivity index (χ3n) is 2.11. The Morgan fingerprint density at radius 1 is 1.59 bits per heavy atom. The number of hydrogen-bond donors (Lipinski definition) is 3. The van der Waals surface area contributed by atoms with Gasteiger partial charge in [-0.1, -0.05) is 11.8 Å². The molecule has 0 aromatic carbocycles. The molecule has 0 aliphatic carbocycles. The number of nitrogen functional groups attached to an aromatic ring is 1. The summed E-state index contributed by atoms with van der Waals surface area (Å²) in [5.41, 5.74) is 5.67. The molecule has 0 bridgehead atoms. The van der Waals surface area contributed by atoms with E-state index < -0.39 is 0 Å². The summed E-state index contributed by atoms with van der Waals surface area (Å²) in [5, 5.41) is 12.7. The van der Waals surface area contributed by atoms with Crippen LogP contribution in [0.15, 0.2) is 11.2 Å². The molecule has 1 aromatic heterocycles. The average molecular weight is 258 g/mol. The van der Waals surface area contributed by atoms with Crippen molar-refractivity contribution in [2.75, 3.05) is 37.6 Å². The maximum absolute atomic E-state index is 8.94. The van der Waals surface area contributed by atoms with Crippen molar-refractivity contribution in [2.45, 2.75) is 17.6 Å². The Labute approximate surface area is 105 Å². The van der Waals surface area contributed by atoms with E-state index >= 15 is 0 Å². The zero-order valence-electron chi connectivity index (χ0n) is 10.0. The summed E-state index contributed by atoms with van der Waals surface area (Å²) >= 11 is 1.43. The van der Waals surface area contributed by atoms with E-state index in [1.165, 1.54) is 11.8 Å². The number of aliphatic hydroxyl groups is 1. The highest BCUT2D eigenvalue weighted by Crippen LogP contribution is 2.16. The predicted molar refractivity (Wildman–Crippen MR) is 69.2 cm³/mol. The van der Waals surface area contributed by atoms with Crippen LogP contribution in [0, 0.1) is 0 Å². The van der Waals surface area contributed by atoms with E-state index in [1.54, 1.807) is 13.2 Å². The van der Waals surface area contributed by atoms with E-state index in [4.69, 9.17) is 15.6 Å². The van der Waals surface area contributed by atoms with Crippen LogP contribution in [0.5, 0.6) is 0 Å². The van der Waals surface area contributed by atoms with Crippen molar-refractivity contribution in [1.29, 1.82) is 0 Å². The molecule has 1 heterocycles. The maximum atomic E-state index is 8.94. The second-order valence-corrected chi connectivity index (χ2v) is 4.25. The Morgan fingerprint density at radius 3 is 2.94 bits per heavy atom. The number of methoxy groups -OCH3 is 1. The van der Waals surface area contributed by atoms with E-state index in [9.17, 15) is 0 Å². The number of hydrogen-bond acceptors (Lipinski definition) is 7. The lowest BCUT2D eigenvalue weighted by Crippen LogP contribution is -2.26. The molecule has 6 nitrogen and oxygen atoms in total. The van der Waals surface area contributed by atoms with Gasteiger partial charge in [0.2, 0.25) is 0 Å². The van der Waals surface area contributed by atoms with Crippen LogP contribution in [-0.2, 0) is 4.74 Å². The molecule has 0 spiro atoms. The van der Waals surface area contributed by atoms with Crippen molar-refractivity contribution >= 4 is 23.4 Å². The first-order chi connectivity index (χ1) is 8.19. The fourth-order valence-electron chi connectivity index (χ4n) is 1.37. The predicted octanol–water partition coefficient (Wildman–Crippen LogP) is 0.590. The molecule has 7 heteroatoms. The number of nitrogens with two attached hydrogens (primary N) is 1. The number of aromatic nitrogens is 2. The minimum absolute atomic E-state index is 0.00834. The molecular formula is C10H18N4O2S. The number of nitrogens with zero attached hydrogens (tertiary/aromatic N) is 2. The van der Waals surface area contributed by atoms with Crippen LogP contribution in [0.4, 0.5) is 11.6 Å². The lowest BCUT2D eigenvalue weighted by atomic mass is 10.2. The van der Waals surface area contributed by atoms with Gasteiger partial charge in [0.25, 0.3) is 0 Å². The van der Waals surface area contributed by atoms with Crippen LogP contribution in [0.25, 0.3) is 0 Å². The third-order valence-corrected chi connectivity index (χ3v) is 2.65. The van der Waals surface area contributed by atoms with Crippen LogP contribution in [0.3, 0.4) is 0 Å². The molecule has 0 fully saturated rings. The molecule has 0 radical (unpaired) electrons. The molecule has 1 aromatic rings. The topological polar surface area (TPSA) is 93.3 Å². The summed E-state index contributed by atoms with van der Waals surface area (Å²) in [7, 11) is 1.62. The number of ether oxygens (including phenoxy) is 1. The van der Waals surface area contributed by atoms with Gasteiger partial charge in [0.15, 0.2) is 5.16 Å². The van der Waals surface area contributed by atoms with Gasteiger partial charge in [0.1, 0.15) is 11.6 Å². The summed E-state index contributed by atoms with van der Waals surface area (Å²) in [4.78, 5) is 8.34. The minimum atomic E-state index is 0.00834. The second-order valence-electron chi connectivity index (χ2n) is 3.47. The van der Waals surface area contributed by atoms with E-state index in [2.05, 4.69) is 15.3 Å². The molecule has 0 aliphatic rings. The zero-order valence-corrected chi connectivity index (χ0v) is 10.8. The highest BCUT2D eigenvalue weighted by Gasteiger charge is 2.10. The van der Waals surface area contributed by atoms with Gasteiger partial charge in [-0.15, -0.1) is 0 Å². The van der Waals surface area contributed by atoms with Gasteiger partial charge in [-0.3, -0.25) is 0 Å².